The van der Waals surface area contributed by atoms with E-state index >= 15 is 0 Å². The number of amides is 2. The van der Waals surface area contributed by atoms with Crippen molar-refractivity contribution in [1.82, 2.24) is 10.9 Å². The van der Waals surface area contributed by atoms with Gasteiger partial charge in [-0.1, -0.05) is 12.1 Å². The Balaban J connectivity index is 1.44. The summed E-state index contributed by atoms with van der Waals surface area (Å²) in [5.74, 6) is 1.94. The van der Waals surface area contributed by atoms with Crippen molar-refractivity contribution < 1.29 is 28.5 Å². The molecule has 3 rings (SSSR count). The molecule has 0 radical (unpaired) electrons. The number of nitrogens with zero attached hydrogens (tertiary/aromatic N) is 2. The molecule has 2 aromatic carbocycles. The minimum absolute atomic E-state index is 0.177. The third kappa shape index (κ3) is 7.46. The molecule has 0 atom stereocenters. The largest absolute Gasteiger partial charge is 0.493 e. The van der Waals surface area contributed by atoms with E-state index in [4.69, 9.17) is 18.9 Å². The summed E-state index contributed by atoms with van der Waals surface area (Å²) in [5.41, 5.74) is 8.64. The zero-order valence-corrected chi connectivity index (χ0v) is 21.1. The summed E-state index contributed by atoms with van der Waals surface area (Å²) < 4.78 is 21.0. The first kappa shape index (κ1) is 26.5. The summed E-state index contributed by atoms with van der Waals surface area (Å²) in [7, 11) is 6.24. The number of hydrogen-bond acceptors (Lipinski definition) is 8. The Morgan fingerprint density at radius 2 is 1.00 bits per heavy atom. The molecule has 1 aliphatic rings. The van der Waals surface area contributed by atoms with E-state index in [1.165, 1.54) is 0 Å². The van der Waals surface area contributed by atoms with Gasteiger partial charge in [0.2, 0.25) is 11.8 Å². The normalized spacial score (nSPS) is 12.9. The smallest absolute Gasteiger partial charge is 0.244 e. The molecule has 1 saturated carbocycles. The van der Waals surface area contributed by atoms with E-state index in [2.05, 4.69) is 21.1 Å². The zero-order chi connectivity index (χ0) is 25.9. The zero-order valence-electron chi connectivity index (χ0n) is 21.1. The van der Waals surface area contributed by atoms with Crippen molar-refractivity contribution in [2.45, 2.75) is 38.5 Å². The second-order valence-electron chi connectivity index (χ2n) is 8.16. The van der Waals surface area contributed by atoms with Crippen molar-refractivity contribution in [2.24, 2.45) is 10.2 Å². The minimum Gasteiger partial charge on any atom is -0.493 e. The lowest BCUT2D eigenvalue weighted by Crippen LogP contribution is -2.25. The molecule has 36 heavy (non-hydrogen) atoms. The van der Waals surface area contributed by atoms with Crippen LogP contribution in [0.1, 0.15) is 36.8 Å². The van der Waals surface area contributed by atoms with E-state index in [1.807, 2.05) is 12.1 Å². The third-order valence-electron chi connectivity index (χ3n) is 5.71. The fraction of sp³-hybridized carbons (Fsp3) is 0.385. The lowest BCUT2D eigenvalue weighted by Gasteiger charge is -2.15. The number of carbonyl (C=O) groups excluding carboxylic acids is 2. The minimum atomic E-state index is -0.211. The molecule has 0 aromatic heterocycles. The van der Waals surface area contributed by atoms with Gasteiger partial charge < -0.3 is 18.9 Å². The van der Waals surface area contributed by atoms with Crippen molar-refractivity contribution in [3.8, 4) is 23.0 Å². The molecule has 1 fully saturated rings. The fourth-order valence-corrected chi connectivity index (χ4v) is 3.76. The summed E-state index contributed by atoms with van der Waals surface area (Å²) in [6.45, 7) is 0. The maximum absolute atomic E-state index is 12.3. The van der Waals surface area contributed by atoms with Gasteiger partial charge in [0.1, 0.15) is 0 Å². The van der Waals surface area contributed by atoms with Gasteiger partial charge in [-0.05, 0) is 61.1 Å². The van der Waals surface area contributed by atoms with Crippen LogP contribution < -0.4 is 29.8 Å². The van der Waals surface area contributed by atoms with E-state index in [0.717, 1.165) is 22.6 Å². The average Bonchev–Trinajstić information content (AvgIpc) is 2.91. The van der Waals surface area contributed by atoms with Gasteiger partial charge in [0.25, 0.3) is 0 Å². The molecule has 10 heteroatoms. The molecule has 0 unspecified atom stereocenters. The first-order valence-electron chi connectivity index (χ1n) is 11.6. The maximum atomic E-state index is 12.3. The number of rotatable bonds is 10. The summed E-state index contributed by atoms with van der Waals surface area (Å²) >= 11 is 0. The van der Waals surface area contributed by atoms with Crippen LogP contribution in [-0.4, -0.2) is 51.7 Å². The van der Waals surface area contributed by atoms with Crippen molar-refractivity contribution in [2.75, 3.05) is 28.4 Å². The highest BCUT2D eigenvalue weighted by Crippen LogP contribution is 2.28. The Morgan fingerprint density at radius 3 is 1.33 bits per heavy atom. The lowest BCUT2D eigenvalue weighted by molar-refractivity contribution is -0.121. The molecule has 0 heterocycles. The Hall–Kier alpha value is -4.08. The predicted octanol–water partition coefficient (Wildman–Crippen LogP) is 3.02. The van der Waals surface area contributed by atoms with Gasteiger partial charge in [0, 0.05) is 11.4 Å². The second kappa shape index (κ2) is 13.1. The van der Waals surface area contributed by atoms with Crippen LogP contribution in [0.3, 0.4) is 0 Å². The molecule has 0 spiro atoms. The summed E-state index contributed by atoms with van der Waals surface area (Å²) in [5, 5.41) is 8.54. The van der Waals surface area contributed by atoms with E-state index in [1.54, 1.807) is 52.7 Å². The van der Waals surface area contributed by atoms with Gasteiger partial charge in [-0.25, -0.2) is 10.9 Å². The van der Waals surface area contributed by atoms with Crippen LogP contribution in [0.25, 0.3) is 0 Å². The third-order valence-corrected chi connectivity index (χ3v) is 5.71. The summed E-state index contributed by atoms with van der Waals surface area (Å²) in [6.07, 6.45) is 3.02. The molecule has 1 aliphatic carbocycles. The summed E-state index contributed by atoms with van der Waals surface area (Å²) in [4.78, 5) is 24.6. The summed E-state index contributed by atoms with van der Waals surface area (Å²) in [6, 6.07) is 10.7. The van der Waals surface area contributed by atoms with E-state index < -0.39 is 0 Å². The molecular formula is C26H32N4O6. The molecule has 0 aliphatic heterocycles. The number of methoxy groups -OCH3 is 4. The number of benzene rings is 2. The Bertz CT molecular complexity index is 1040. The molecule has 2 N–H and O–H groups in total. The fourth-order valence-electron chi connectivity index (χ4n) is 3.76. The predicted molar refractivity (Wildman–Crippen MR) is 136 cm³/mol. The standard InChI is InChI=1S/C26H32N4O6/c1-33-21-11-5-17(13-23(21)35-3)15-25(31)29-27-19-7-9-20(10-8-19)28-30-26(32)16-18-6-12-22(34-2)24(14-18)36-4/h5-6,11-14H,7-10,15-16H2,1-4H3,(H,29,31)(H,30,32). The van der Waals surface area contributed by atoms with Gasteiger partial charge in [0.15, 0.2) is 23.0 Å². The van der Waals surface area contributed by atoms with Crippen LogP contribution >= 0.6 is 0 Å². The van der Waals surface area contributed by atoms with Crippen molar-refractivity contribution in [3.05, 3.63) is 47.5 Å². The van der Waals surface area contributed by atoms with Gasteiger partial charge >= 0.3 is 0 Å². The van der Waals surface area contributed by atoms with Gasteiger partial charge in [-0.3, -0.25) is 9.59 Å². The molecular weight excluding hydrogens is 464 g/mol. The van der Waals surface area contributed by atoms with Crippen LogP contribution in [-0.2, 0) is 22.4 Å². The molecule has 2 aromatic rings. The lowest BCUT2D eigenvalue weighted by atomic mass is 9.97. The van der Waals surface area contributed by atoms with E-state index in [-0.39, 0.29) is 24.7 Å². The number of nitrogens with one attached hydrogen (secondary N) is 2. The quantitative estimate of drug-likeness (QED) is 0.488. The first-order valence-corrected chi connectivity index (χ1v) is 11.6. The van der Waals surface area contributed by atoms with Gasteiger partial charge in [-0.15, -0.1) is 0 Å². The van der Waals surface area contributed by atoms with Gasteiger partial charge in [0.05, 0.1) is 41.3 Å². The topological polar surface area (TPSA) is 120 Å². The van der Waals surface area contributed by atoms with Crippen LogP contribution in [0, 0.1) is 0 Å². The van der Waals surface area contributed by atoms with Crippen molar-refractivity contribution >= 4 is 23.2 Å². The van der Waals surface area contributed by atoms with E-state index in [9.17, 15) is 9.59 Å². The van der Waals surface area contributed by atoms with Crippen molar-refractivity contribution in [3.63, 3.8) is 0 Å². The Kier molecular flexibility index (Phi) is 9.67. The second-order valence-corrected chi connectivity index (χ2v) is 8.16. The number of hydrogen-bond donors (Lipinski definition) is 2. The number of ether oxygens (including phenoxy) is 4. The van der Waals surface area contributed by atoms with Gasteiger partial charge in [-0.2, -0.15) is 10.2 Å². The van der Waals surface area contributed by atoms with Crippen LogP contribution in [0.5, 0.6) is 23.0 Å². The van der Waals surface area contributed by atoms with Crippen LogP contribution in [0.4, 0.5) is 0 Å². The number of hydrazone groups is 2. The SMILES string of the molecule is COc1ccc(CC(=O)NN=C2CCC(=NNC(=O)Cc3ccc(OC)c(OC)c3)CC2)cc1OC. The highest BCUT2D eigenvalue weighted by atomic mass is 16.5. The number of carbonyl (C=O) groups is 2. The molecule has 192 valence electrons. The maximum Gasteiger partial charge on any atom is 0.244 e. The Labute approximate surface area is 210 Å². The molecule has 10 nitrogen and oxygen atoms in total. The molecule has 2 amide bonds. The molecule has 0 bridgehead atoms. The van der Waals surface area contributed by atoms with Crippen LogP contribution in [0.15, 0.2) is 46.6 Å². The van der Waals surface area contributed by atoms with E-state index in [0.29, 0.717) is 48.7 Å². The monoisotopic (exact) mass is 496 g/mol. The van der Waals surface area contributed by atoms with Crippen molar-refractivity contribution in [1.29, 1.82) is 0 Å². The molecule has 0 saturated heterocycles. The Morgan fingerprint density at radius 1 is 0.639 bits per heavy atom. The highest BCUT2D eigenvalue weighted by Gasteiger charge is 2.15. The highest BCUT2D eigenvalue weighted by molar-refractivity contribution is 5.99. The average molecular weight is 497 g/mol. The first-order chi connectivity index (χ1) is 17.4. The van der Waals surface area contributed by atoms with Crippen LogP contribution in [0.2, 0.25) is 0 Å².